The molecule has 1 aliphatic carbocycles. The molecule has 0 fully saturated rings. The minimum atomic E-state index is 0.372. The summed E-state index contributed by atoms with van der Waals surface area (Å²) < 4.78 is 0. The maximum atomic E-state index is 2.38. The minimum absolute atomic E-state index is 0.372. The Morgan fingerprint density at radius 3 is 2.09 bits per heavy atom. The molecule has 1 rings (SSSR count). The molecule has 0 aromatic heterocycles. The maximum absolute atomic E-state index is 2.38. The average Bonchev–Trinajstić information content (AvgIpc) is 1.86. The zero-order valence-electron chi connectivity index (χ0n) is 8.07. The first-order valence-electron chi connectivity index (χ1n) is 4.35. The van der Waals surface area contributed by atoms with Gasteiger partial charge in [0.25, 0.3) is 0 Å². The summed E-state index contributed by atoms with van der Waals surface area (Å²) in [5, 5.41) is 0. The highest BCUT2D eigenvalue weighted by Crippen LogP contribution is 2.31. The molecular weight excluding hydrogens is 132 g/mol. The van der Waals surface area contributed by atoms with E-state index in [4.69, 9.17) is 0 Å². The van der Waals surface area contributed by atoms with Gasteiger partial charge in [0, 0.05) is 0 Å². The highest BCUT2D eigenvalue weighted by atomic mass is 14.2. The first-order valence-corrected chi connectivity index (χ1v) is 4.35. The summed E-state index contributed by atoms with van der Waals surface area (Å²) in [5.41, 5.74) is 3.47. The van der Waals surface area contributed by atoms with Gasteiger partial charge in [-0.15, -0.1) is 0 Å². The van der Waals surface area contributed by atoms with Crippen molar-refractivity contribution in [2.24, 2.45) is 5.41 Å². The van der Waals surface area contributed by atoms with Crippen LogP contribution in [-0.4, -0.2) is 0 Å². The van der Waals surface area contributed by atoms with E-state index in [9.17, 15) is 0 Å². The lowest BCUT2D eigenvalue weighted by molar-refractivity contribution is 0.489. The fraction of sp³-hybridized carbons (Fsp3) is 0.636. The van der Waals surface area contributed by atoms with Gasteiger partial charge in [0.05, 0.1) is 0 Å². The smallest absolute Gasteiger partial charge is 0.0131 e. The maximum Gasteiger partial charge on any atom is -0.0131 e. The van der Waals surface area contributed by atoms with E-state index in [1.807, 2.05) is 0 Å². The molecule has 0 aliphatic heterocycles. The van der Waals surface area contributed by atoms with E-state index in [1.165, 1.54) is 5.57 Å². The van der Waals surface area contributed by atoms with Crippen LogP contribution in [0.2, 0.25) is 0 Å². The normalized spacial score (nSPS) is 19.3. The van der Waals surface area contributed by atoms with Gasteiger partial charge in [-0.3, -0.25) is 0 Å². The Morgan fingerprint density at radius 1 is 1.09 bits per heavy atom. The third-order valence-corrected chi connectivity index (χ3v) is 2.30. The number of hydrogen-bond donors (Lipinski definition) is 0. The molecule has 0 saturated carbocycles. The van der Waals surface area contributed by atoms with Crippen molar-refractivity contribution in [3.63, 3.8) is 0 Å². The molecule has 0 radical (unpaired) electrons. The summed E-state index contributed by atoms with van der Waals surface area (Å²) in [7, 11) is 0. The molecule has 0 heteroatoms. The summed E-state index contributed by atoms with van der Waals surface area (Å²) in [6.07, 6.45) is 7.05. The van der Waals surface area contributed by atoms with Crippen LogP contribution in [0.5, 0.6) is 0 Å². The molecule has 11 heavy (non-hydrogen) atoms. The Morgan fingerprint density at radius 2 is 1.73 bits per heavy atom. The molecule has 0 spiro atoms. The minimum Gasteiger partial charge on any atom is -0.0812 e. The average molecular weight is 150 g/mol. The van der Waals surface area contributed by atoms with Gasteiger partial charge >= 0.3 is 0 Å². The van der Waals surface area contributed by atoms with Crippen molar-refractivity contribution >= 4 is 0 Å². The van der Waals surface area contributed by atoms with Gasteiger partial charge in [-0.05, 0) is 25.2 Å². The molecule has 0 amide bonds. The van der Waals surface area contributed by atoms with E-state index in [0.29, 0.717) is 5.41 Å². The molecule has 0 aromatic carbocycles. The van der Waals surface area contributed by atoms with E-state index in [2.05, 4.69) is 39.8 Å². The van der Waals surface area contributed by atoms with Crippen LogP contribution in [0, 0.1) is 5.41 Å². The van der Waals surface area contributed by atoms with Gasteiger partial charge in [-0.2, -0.15) is 0 Å². The van der Waals surface area contributed by atoms with Gasteiger partial charge in [0.15, 0.2) is 0 Å². The molecule has 0 aromatic rings. The van der Waals surface area contributed by atoms with E-state index < -0.39 is 0 Å². The second-order valence-electron chi connectivity index (χ2n) is 4.44. The zero-order valence-corrected chi connectivity index (χ0v) is 8.07. The third kappa shape index (κ3) is 2.21. The third-order valence-electron chi connectivity index (χ3n) is 2.30. The monoisotopic (exact) mass is 150 g/mol. The predicted molar refractivity (Wildman–Crippen MR) is 50.5 cm³/mol. The standard InChI is InChI=1S/C11H18/c1-9-5-7-10(8-6-9)11(2,3)4/h5,8H,6-7H2,1-4H3. The molecule has 0 unspecified atom stereocenters. The van der Waals surface area contributed by atoms with Crippen molar-refractivity contribution in [3.8, 4) is 0 Å². The zero-order chi connectivity index (χ0) is 8.48. The highest BCUT2D eigenvalue weighted by molar-refractivity contribution is 5.23. The van der Waals surface area contributed by atoms with Crippen molar-refractivity contribution < 1.29 is 0 Å². The van der Waals surface area contributed by atoms with Gasteiger partial charge in [-0.1, -0.05) is 44.1 Å². The molecule has 0 nitrogen and oxygen atoms in total. The second-order valence-corrected chi connectivity index (χ2v) is 4.44. The van der Waals surface area contributed by atoms with Crippen LogP contribution in [0.25, 0.3) is 0 Å². The van der Waals surface area contributed by atoms with Crippen LogP contribution in [0.15, 0.2) is 23.3 Å². The molecular formula is C11H18. The number of hydrogen-bond acceptors (Lipinski definition) is 0. The van der Waals surface area contributed by atoms with E-state index in [1.54, 1.807) is 5.57 Å². The van der Waals surface area contributed by atoms with Crippen LogP contribution in [0.4, 0.5) is 0 Å². The Balaban J connectivity index is 2.66. The Kier molecular flexibility index (Phi) is 2.22. The van der Waals surface area contributed by atoms with Crippen molar-refractivity contribution in [2.45, 2.75) is 40.5 Å². The first kappa shape index (κ1) is 8.58. The van der Waals surface area contributed by atoms with Crippen LogP contribution in [0.3, 0.4) is 0 Å². The van der Waals surface area contributed by atoms with E-state index in [0.717, 1.165) is 12.8 Å². The number of allylic oxidation sites excluding steroid dienone is 4. The van der Waals surface area contributed by atoms with Crippen molar-refractivity contribution in [1.82, 2.24) is 0 Å². The summed E-state index contributed by atoms with van der Waals surface area (Å²) in [6, 6.07) is 0. The van der Waals surface area contributed by atoms with Gasteiger partial charge < -0.3 is 0 Å². The molecule has 1 aliphatic rings. The van der Waals surface area contributed by atoms with E-state index >= 15 is 0 Å². The van der Waals surface area contributed by atoms with Crippen LogP contribution >= 0.6 is 0 Å². The molecule has 0 bridgehead atoms. The van der Waals surface area contributed by atoms with Gasteiger partial charge in [0.1, 0.15) is 0 Å². The highest BCUT2D eigenvalue weighted by Gasteiger charge is 2.16. The lowest BCUT2D eigenvalue weighted by Crippen LogP contribution is -2.10. The summed E-state index contributed by atoms with van der Waals surface area (Å²) in [4.78, 5) is 0. The van der Waals surface area contributed by atoms with Crippen LogP contribution in [-0.2, 0) is 0 Å². The predicted octanol–water partition coefficient (Wildman–Crippen LogP) is 3.70. The van der Waals surface area contributed by atoms with Gasteiger partial charge in [0.2, 0.25) is 0 Å². The molecule has 0 saturated heterocycles. The molecule has 0 atom stereocenters. The van der Waals surface area contributed by atoms with Crippen molar-refractivity contribution in [3.05, 3.63) is 23.3 Å². The lowest BCUT2D eigenvalue weighted by atomic mass is 9.81. The van der Waals surface area contributed by atoms with Crippen molar-refractivity contribution in [2.75, 3.05) is 0 Å². The lowest BCUT2D eigenvalue weighted by Gasteiger charge is -2.24. The molecule has 62 valence electrons. The largest absolute Gasteiger partial charge is 0.0812 e. The summed E-state index contributed by atoms with van der Waals surface area (Å²) in [5.74, 6) is 0. The second kappa shape index (κ2) is 2.84. The fourth-order valence-corrected chi connectivity index (χ4v) is 1.35. The topological polar surface area (TPSA) is 0 Å². The Hall–Kier alpha value is -0.520. The SMILES string of the molecule is CC1=CCC(C(C)(C)C)=CC1. The number of rotatable bonds is 0. The van der Waals surface area contributed by atoms with Gasteiger partial charge in [-0.25, -0.2) is 0 Å². The van der Waals surface area contributed by atoms with Crippen LogP contribution < -0.4 is 0 Å². The quantitative estimate of drug-likeness (QED) is 0.462. The first-order chi connectivity index (χ1) is 5.00. The van der Waals surface area contributed by atoms with E-state index in [-0.39, 0.29) is 0 Å². The summed E-state index contributed by atoms with van der Waals surface area (Å²) >= 11 is 0. The Labute approximate surface area is 70.0 Å². The Bertz CT molecular complexity index is 199. The molecule has 0 heterocycles. The van der Waals surface area contributed by atoms with Crippen LogP contribution in [0.1, 0.15) is 40.5 Å². The summed E-state index contributed by atoms with van der Waals surface area (Å²) in [6.45, 7) is 9.06. The molecule has 0 N–H and O–H groups in total. The van der Waals surface area contributed by atoms with Crippen molar-refractivity contribution in [1.29, 1.82) is 0 Å². The fourth-order valence-electron chi connectivity index (χ4n) is 1.35.